The van der Waals surface area contributed by atoms with Crippen LogP contribution < -0.4 is 0 Å². The molecule has 0 atom stereocenters. The molecule has 10 heteroatoms. The zero-order chi connectivity index (χ0) is 70.0. The van der Waals surface area contributed by atoms with Crippen molar-refractivity contribution in [3.8, 4) is 81.2 Å². The lowest BCUT2D eigenvalue weighted by molar-refractivity contribution is 0.448. The number of phenols is 10. The zero-order valence-corrected chi connectivity index (χ0v) is 57.3. The molecule has 0 saturated heterocycles. The Morgan fingerprint density at radius 1 is 0.152 bits per heavy atom. The maximum Gasteiger partial charge on any atom is 0.122 e. The fourth-order valence-electron chi connectivity index (χ4n) is 15.1. The van der Waals surface area contributed by atoms with E-state index in [1.807, 2.05) is 202 Å². The largest absolute Gasteiger partial charge is 0.507 e. The summed E-state index contributed by atoms with van der Waals surface area (Å²) < 4.78 is 0. The van der Waals surface area contributed by atoms with Gasteiger partial charge in [-0.2, -0.15) is 0 Å². The van der Waals surface area contributed by atoms with E-state index < -0.39 is 0 Å². The van der Waals surface area contributed by atoms with Gasteiger partial charge in [-0.05, 0) is 222 Å². The lowest BCUT2D eigenvalue weighted by Crippen LogP contribution is -2.03. The van der Waals surface area contributed by atoms with Gasteiger partial charge in [0, 0.05) is 86.5 Å². The Bertz CT molecular complexity index is 4730. The SMILES string of the molecule is Cc1cc(C#Cc2cc3c(O)c(c2)Cc2cc(C)cc(c2O)Cc2cc(C)cc(c2O)Cc2cc(C)cc(c2O)Cc2cc(C)cc(c2O)C3)cc(C#Cc2cc3c(O)c(c2)Cc2cc(C)cc(c2O)Cc2cc(C)cc(c2O)Cc2cc(C)cc(c2O)Cc2cc(C)cc(c2O)C3)c1. The first-order chi connectivity index (χ1) is 47.2. The molecule has 11 aromatic carbocycles. The van der Waals surface area contributed by atoms with E-state index in [9.17, 15) is 51.1 Å². The van der Waals surface area contributed by atoms with Gasteiger partial charge >= 0.3 is 0 Å². The highest BCUT2D eigenvalue weighted by Gasteiger charge is 2.25. The van der Waals surface area contributed by atoms with E-state index in [2.05, 4.69) is 23.7 Å². The Morgan fingerprint density at radius 2 is 0.253 bits per heavy atom. The standard InChI is InChI=1S/C89H80O10/c1-47-14-56(10-12-58-33-76-43-72-28-52(6)24-68(84(72)94)39-64-20-48(2)16-60(80(64)90)37-61-17-49(3)21-65(81(61)91)40-69-25-53(7)29-73(85(69)95)44-77(34-58)88(76)98)32-57(15-47)11-13-59-35-78-45-74-30-54(8)26-70(86(74)96)41-66-22-50(4)18-62(82(66)92)38-63-19-51(5)23-67(83(63)93)42-71-27-55(9)31-75(87(71)97)46-79(36-59)89(78)99/h14-36,90-99H,37-46H2,1-9H3. The van der Waals surface area contributed by atoms with Crippen LogP contribution in [0.1, 0.15) is 184 Å². The molecule has 0 saturated carbocycles. The number of fused-ring (bicyclic) bond motifs is 20. The van der Waals surface area contributed by atoms with Crippen molar-refractivity contribution in [1.82, 2.24) is 0 Å². The van der Waals surface area contributed by atoms with Crippen LogP contribution in [-0.4, -0.2) is 51.1 Å². The van der Waals surface area contributed by atoms with Crippen LogP contribution in [0.2, 0.25) is 0 Å². The minimum Gasteiger partial charge on any atom is -0.507 e. The fourth-order valence-corrected chi connectivity index (χ4v) is 15.1. The van der Waals surface area contributed by atoms with E-state index >= 15 is 0 Å². The van der Waals surface area contributed by atoms with Crippen LogP contribution in [0.5, 0.6) is 57.5 Å². The van der Waals surface area contributed by atoms with Gasteiger partial charge in [0.25, 0.3) is 0 Å². The van der Waals surface area contributed by atoms with Crippen LogP contribution in [0, 0.1) is 86.0 Å². The number of benzene rings is 11. The lowest BCUT2D eigenvalue weighted by atomic mass is 9.89. The molecule has 0 radical (unpaired) electrons. The first-order valence-corrected chi connectivity index (χ1v) is 33.6. The van der Waals surface area contributed by atoms with E-state index in [0.717, 1.165) is 50.1 Å². The van der Waals surface area contributed by atoms with Crippen molar-refractivity contribution in [2.24, 2.45) is 0 Å². The van der Waals surface area contributed by atoms with Gasteiger partial charge in [0.05, 0.1) is 0 Å². The number of aromatic hydroxyl groups is 10. The molecule has 0 aliphatic heterocycles. The van der Waals surface area contributed by atoms with Gasteiger partial charge < -0.3 is 51.1 Å². The molecule has 0 aromatic heterocycles. The second kappa shape index (κ2) is 26.5. The van der Waals surface area contributed by atoms with E-state index in [4.69, 9.17) is 0 Å². The molecule has 0 fully saturated rings. The second-order valence-corrected chi connectivity index (χ2v) is 28.1. The van der Waals surface area contributed by atoms with Crippen LogP contribution >= 0.6 is 0 Å². The summed E-state index contributed by atoms with van der Waals surface area (Å²) in [6.07, 6.45) is 1.90. The fraction of sp³-hybridized carbons (Fsp3) is 0.213. The summed E-state index contributed by atoms with van der Waals surface area (Å²) in [5.41, 5.74) is 22.2. The van der Waals surface area contributed by atoms with E-state index in [1.54, 1.807) is 0 Å². The summed E-state index contributed by atoms with van der Waals surface area (Å²) in [5.74, 6) is 14.0. The molecule has 0 spiro atoms. The van der Waals surface area contributed by atoms with E-state index in [1.165, 1.54) is 0 Å². The minimum atomic E-state index is -0.00768. The summed E-state index contributed by atoms with van der Waals surface area (Å²) in [5, 5.41) is 121. The number of hydrogen-bond acceptors (Lipinski definition) is 10. The molecule has 11 aromatic rings. The lowest BCUT2D eigenvalue weighted by Gasteiger charge is -2.19. The molecule has 0 heterocycles. The van der Waals surface area contributed by atoms with Crippen molar-refractivity contribution in [2.75, 3.05) is 0 Å². The summed E-state index contributed by atoms with van der Waals surface area (Å²) in [6, 6.07) is 43.7. The van der Waals surface area contributed by atoms with Crippen LogP contribution in [0.15, 0.2) is 140 Å². The molecule has 13 rings (SSSR count). The Morgan fingerprint density at radius 3 is 0.384 bits per heavy atom. The molecule has 496 valence electrons. The third-order valence-corrected chi connectivity index (χ3v) is 19.4. The minimum absolute atomic E-state index is 0.00768. The van der Waals surface area contributed by atoms with E-state index in [-0.39, 0.29) is 122 Å². The number of rotatable bonds is 0. The molecule has 10 N–H and O–H groups in total. The molecule has 2 aliphatic carbocycles. The zero-order valence-electron chi connectivity index (χ0n) is 57.3. The maximum atomic E-state index is 12.4. The second-order valence-electron chi connectivity index (χ2n) is 28.1. The molecular formula is C89H80O10. The Hall–Kier alpha value is -11.5. The van der Waals surface area contributed by atoms with Crippen LogP contribution in [0.4, 0.5) is 0 Å². The highest BCUT2D eigenvalue weighted by Crippen LogP contribution is 2.43. The monoisotopic (exact) mass is 1310 g/mol. The number of aryl methyl sites for hydroxylation is 9. The predicted octanol–water partition coefficient (Wildman–Crippen LogP) is 16.9. The molecular weight excluding hydrogens is 1230 g/mol. The average molecular weight is 1310 g/mol. The van der Waals surface area contributed by atoms with Gasteiger partial charge in [-0.25, -0.2) is 0 Å². The van der Waals surface area contributed by atoms with Crippen molar-refractivity contribution in [3.05, 3.63) is 323 Å². The third kappa shape index (κ3) is 14.0. The van der Waals surface area contributed by atoms with Crippen molar-refractivity contribution < 1.29 is 51.1 Å². The van der Waals surface area contributed by atoms with Gasteiger partial charge in [-0.15, -0.1) is 0 Å². The highest BCUT2D eigenvalue weighted by atomic mass is 16.3. The van der Waals surface area contributed by atoms with Gasteiger partial charge in [0.15, 0.2) is 0 Å². The normalized spacial score (nSPS) is 12.7. The molecule has 0 unspecified atom stereocenters. The van der Waals surface area contributed by atoms with Crippen LogP contribution in [0.3, 0.4) is 0 Å². The Balaban J connectivity index is 0.897. The van der Waals surface area contributed by atoms with Gasteiger partial charge in [-0.1, -0.05) is 165 Å². The van der Waals surface area contributed by atoms with Crippen LogP contribution in [-0.2, 0) is 64.2 Å². The molecule has 2 aliphatic rings. The maximum absolute atomic E-state index is 12.4. The molecule has 99 heavy (non-hydrogen) atoms. The number of hydrogen-bond donors (Lipinski definition) is 10. The molecule has 0 amide bonds. The van der Waals surface area contributed by atoms with Crippen molar-refractivity contribution in [3.63, 3.8) is 0 Å². The average Bonchev–Trinajstić information content (AvgIpc) is 0.794. The third-order valence-electron chi connectivity index (χ3n) is 19.4. The number of phenolic OH excluding ortho intramolecular Hbond substituents is 10. The Kier molecular flexibility index (Phi) is 17.7. The Labute approximate surface area is 578 Å². The molecule has 10 nitrogen and oxygen atoms in total. The predicted molar refractivity (Wildman–Crippen MR) is 390 cm³/mol. The summed E-state index contributed by atoms with van der Waals surface area (Å²) in [7, 11) is 0. The quantitative estimate of drug-likeness (QED) is 0.0651. The van der Waals surface area contributed by atoms with Gasteiger partial charge in [-0.3, -0.25) is 0 Å². The van der Waals surface area contributed by atoms with Crippen molar-refractivity contribution >= 4 is 0 Å². The van der Waals surface area contributed by atoms with Gasteiger partial charge in [0.1, 0.15) is 57.5 Å². The van der Waals surface area contributed by atoms with Crippen molar-refractivity contribution in [1.29, 1.82) is 0 Å². The molecule has 20 bridgehead atoms. The van der Waals surface area contributed by atoms with Crippen molar-refractivity contribution in [2.45, 2.75) is 127 Å². The first kappa shape index (κ1) is 66.2. The summed E-state index contributed by atoms with van der Waals surface area (Å²) in [4.78, 5) is 0. The topological polar surface area (TPSA) is 202 Å². The highest BCUT2D eigenvalue weighted by molar-refractivity contribution is 5.64. The van der Waals surface area contributed by atoms with E-state index in [0.29, 0.717) is 134 Å². The summed E-state index contributed by atoms with van der Waals surface area (Å²) >= 11 is 0. The van der Waals surface area contributed by atoms with Gasteiger partial charge in [0.2, 0.25) is 0 Å². The van der Waals surface area contributed by atoms with Crippen LogP contribution in [0.25, 0.3) is 0 Å². The smallest absolute Gasteiger partial charge is 0.122 e. The first-order valence-electron chi connectivity index (χ1n) is 33.6. The summed E-state index contributed by atoms with van der Waals surface area (Å²) in [6.45, 7) is 17.6.